The van der Waals surface area contributed by atoms with Crippen molar-refractivity contribution in [3.8, 4) is 55.6 Å². The van der Waals surface area contributed by atoms with Crippen LogP contribution in [0.2, 0.25) is 0 Å². The molecule has 0 N–H and O–H groups in total. The van der Waals surface area contributed by atoms with Crippen LogP contribution in [0, 0.1) is 17.8 Å². The van der Waals surface area contributed by atoms with Crippen LogP contribution in [0.1, 0.15) is 108 Å². The number of hydrogen-bond acceptors (Lipinski definition) is 0. The zero-order valence-electron chi connectivity index (χ0n) is 36.4. The monoisotopic (exact) mass is 840 g/mol. The van der Waals surface area contributed by atoms with Crippen molar-refractivity contribution in [2.75, 3.05) is 0 Å². The Morgan fingerprint density at radius 1 is 0.387 bits per heavy atom. The summed E-state index contributed by atoms with van der Waals surface area (Å²) in [6.45, 7) is 12.9. The molecule has 0 aromatic heterocycles. The Hall–Kier alpha value is -5.10. The van der Waals surface area contributed by atoms with Gasteiger partial charge in [-0.15, -0.1) is 0 Å². The standard InChI is InChI=1S/C56H54F6/c1-52(2,3)47-19-11-7-15-41(47)37-26-38(42-16-8-12-20-48(42)53(4,5)6)28-39(27-37)51-45(43-17-9-13-21-49(43)55(57,58)59)29-40(54-31-34-23-35(32-54)25-36(24-34)33-54)30-46(51)44-18-10-14-22-50(44)56(60,61)62/h7-22,26-30,34-36H,23-25,31-33H2,1-6H3. The first kappa shape index (κ1) is 42.2. The fraction of sp³-hybridized carbons (Fsp3) is 0.357. The summed E-state index contributed by atoms with van der Waals surface area (Å²) < 4.78 is 92.2. The molecule has 10 rings (SSSR count). The molecule has 0 saturated heterocycles. The first-order valence-electron chi connectivity index (χ1n) is 22.1. The number of alkyl halides is 6. The van der Waals surface area contributed by atoms with E-state index < -0.39 is 23.5 Å². The number of rotatable bonds is 6. The molecule has 4 fully saturated rings. The quantitative estimate of drug-likeness (QED) is 0.147. The van der Waals surface area contributed by atoms with Gasteiger partial charge in [-0.3, -0.25) is 0 Å². The summed E-state index contributed by atoms with van der Waals surface area (Å²) in [5, 5.41) is 0. The van der Waals surface area contributed by atoms with Gasteiger partial charge >= 0.3 is 12.4 Å². The second-order valence-corrected chi connectivity index (χ2v) is 20.6. The van der Waals surface area contributed by atoms with Crippen molar-refractivity contribution in [2.24, 2.45) is 17.8 Å². The number of benzene rings is 6. The van der Waals surface area contributed by atoms with Gasteiger partial charge in [0.25, 0.3) is 0 Å². The lowest BCUT2D eigenvalue weighted by atomic mass is 9.48. The van der Waals surface area contributed by atoms with Crippen LogP contribution >= 0.6 is 0 Å². The van der Waals surface area contributed by atoms with E-state index in [2.05, 4.69) is 71.9 Å². The highest BCUT2D eigenvalue weighted by molar-refractivity contribution is 5.99. The van der Waals surface area contributed by atoms with Gasteiger partial charge in [0, 0.05) is 0 Å². The summed E-state index contributed by atoms with van der Waals surface area (Å²) in [5.74, 6) is 1.51. The molecular formula is C56H54F6. The fourth-order valence-electron chi connectivity index (χ4n) is 11.9. The van der Waals surface area contributed by atoms with E-state index in [0.29, 0.717) is 40.0 Å². The molecule has 4 saturated carbocycles. The third-order valence-electron chi connectivity index (χ3n) is 14.1. The summed E-state index contributed by atoms with van der Waals surface area (Å²) in [6.07, 6.45) is -3.33. The Labute approximate surface area is 362 Å². The van der Waals surface area contributed by atoms with E-state index in [1.165, 1.54) is 24.3 Å². The molecule has 4 bridgehead atoms. The Kier molecular flexibility index (Phi) is 10.2. The van der Waals surface area contributed by atoms with Crippen molar-refractivity contribution in [3.63, 3.8) is 0 Å². The van der Waals surface area contributed by atoms with Gasteiger partial charge in [0.15, 0.2) is 0 Å². The van der Waals surface area contributed by atoms with Gasteiger partial charge in [0.1, 0.15) is 0 Å². The van der Waals surface area contributed by atoms with Crippen molar-refractivity contribution in [3.05, 3.63) is 155 Å². The highest BCUT2D eigenvalue weighted by Gasteiger charge is 2.52. The molecule has 0 unspecified atom stereocenters. The molecule has 0 atom stereocenters. The molecule has 0 heterocycles. The average molecular weight is 841 g/mol. The van der Waals surface area contributed by atoms with Gasteiger partial charge < -0.3 is 0 Å². The molecule has 0 aliphatic heterocycles. The van der Waals surface area contributed by atoms with Crippen LogP contribution in [0.3, 0.4) is 0 Å². The maximum atomic E-state index is 15.4. The van der Waals surface area contributed by atoms with Crippen LogP contribution in [-0.2, 0) is 28.6 Å². The summed E-state index contributed by atoms with van der Waals surface area (Å²) in [7, 11) is 0. The van der Waals surface area contributed by atoms with Crippen molar-refractivity contribution < 1.29 is 26.3 Å². The number of hydrogen-bond donors (Lipinski definition) is 0. The Bertz CT molecular complexity index is 2470. The number of halogens is 6. The van der Waals surface area contributed by atoms with Crippen LogP contribution in [-0.4, -0.2) is 0 Å². The van der Waals surface area contributed by atoms with Crippen LogP contribution < -0.4 is 0 Å². The zero-order chi connectivity index (χ0) is 44.0. The Morgan fingerprint density at radius 2 is 0.710 bits per heavy atom. The predicted octanol–water partition coefficient (Wildman–Crippen LogP) is 17.1. The van der Waals surface area contributed by atoms with Gasteiger partial charge in [0.2, 0.25) is 0 Å². The first-order valence-corrected chi connectivity index (χ1v) is 22.1. The molecule has 4 aliphatic rings. The van der Waals surface area contributed by atoms with E-state index >= 15 is 26.3 Å². The molecule has 0 spiro atoms. The molecule has 4 aliphatic carbocycles. The summed E-state index contributed by atoms with van der Waals surface area (Å²) >= 11 is 0. The molecular weight excluding hydrogens is 787 g/mol. The summed E-state index contributed by atoms with van der Waals surface area (Å²) in [5.41, 5.74) is 5.52. The lowest BCUT2D eigenvalue weighted by Gasteiger charge is -2.57. The topological polar surface area (TPSA) is 0 Å². The van der Waals surface area contributed by atoms with E-state index in [9.17, 15) is 0 Å². The minimum atomic E-state index is -4.72. The molecule has 0 nitrogen and oxygen atoms in total. The van der Waals surface area contributed by atoms with Crippen molar-refractivity contribution in [2.45, 2.75) is 109 Å². The van der Waals surface area contributed by atoms with E-state index in [1.54, 1.807) is 12.1 Å². The highest BCUT2D eigenvalue weighted by Crippen LogP contribution is 2.62. The van der Waals surface area contributed by atoms with Crippen LogP contribution in [0.25, 0.3) is 55.6 Å². The van der Waals surface area contributed by atoms with Gasteiger partial charge in [-0.1, -0.05) is 126 Å². The van der Waals surface area contributed by atoms with Gasteiger partial charge in [-0.25, -0.2) is 0 Å². The molecule has 0 radical (unpaired) electrons. The minimum absolute atomic E-state index is 0.0375. The molecule has 320 valence electrons. The van der Waals surface area contributed by atoms with Crippen molar-refractivity contribution in [1.29, 1.82) is 0 Å². The summed E-state index contributed by atoms with van der Waals surface area (Å²) in [4.78, 5) is 0. The maximum absolute atomic E-state index is 15.4. The summed E-state index contributed by atoms with van der Waals surface area (Å²) in [6, 6.07) is 37.5. The zero-order valence-corrected chi connectivity index (χ0v) is 36.4. The minimum Gasteiger partial charge on any atom is -0.166 e. The normalized spacial score (nSPS) is 21.4. The van der Waals surface area contributed by atoms with E-state index in [4.69, 9.17) is 0 Å². The third kappa shape index (κ3) is 7.70. The van der Waals surface area contributed by atoms with Crippen molar-refractivity contribution >= 4 is 0 Å². The third-order valence-corrected chi connectivity index (χ3v) is 14.1. The van der Waals surface area contributed by atoms with Crippen LogP contribution in [0.15, 0.2) is 127 Å². The Balaban J connectivity index is 1.45. The van der Waals surface area contributed by atoms with E-state index in [-0.39, 0.29) is 27.4 Å². The lowest BCUT2D eigenvalue weighted by molar-refractivity contribution is -0.137. The molecule has 0 amide bonds. The van der Waals surface area contributed by atoms with E-state index in [0.717, 1.165) is 89.6 Å². The smallest absolute Gasteiger partial charge is 0.166 e. The molecule has 6 aromatic carbocycles. The van der Waals surface area contributed by atoms with Gasteiger partial charge in [-0.2, -0.15) is 26.3 Å². The fourth-order valence-corrected chi connectivity index (χ4v) is 11.9. The molecule has 6 aromatic rings. The average Bonchev–Trinajstić information content (AvgIpc) is 3.21. The molecule has 6 heteroatoms. The van der Waals surface area contributed by atoms with Crippen LogP contribution in [0.5, 0.6) is 0 Å². The first-order chi connectivity index (χ1) is 29.2. The van der Waals surface area contributed by atoms with E-state index in [1.807, 2.05) is 48.5 Å². The van der Waals surface area contributed by atoms with Crippen LogP contribution in [0.4, 0.5) is 26.3 Å². The highest BCUT2D eigenvalue weighted by atomic mass is 19.4. The second kappa shape index (κ2) is 15.0. The van der Waals surface area contributed by atoms with Gasteiger partial charge in [0.05, 0.1) is 11.1 Å². The Morgan fingerprint density at radius 3 is 1.06 bits per heavy atom. The lowest BCUT2D eigenvalue weighted by Crippen LogP contribution is -2.48. The SMILES string of the molecule is CC(C)(C)c1ccccc1-c1cc(-c2ccccc2C(C)(C)C)cc(-c2c(-c3ccccc3C(F)(F)F)cc(C34CC5CC(CC(C5)C3)C4)cc2-c2ccccc2C(F)(F)F)c1. The van der Waals surface area contributed by atoms with Crippen molar-refractivity contribution in [1.82, 2.24) is 0 Å². The largest absolute Gasteiger partial charge is 0.417 e. The second-order valence-electron chi connectivity index (χ2n) is 20.6. The molecule has 62 heavy (non-hydrogen) atoms. The maximum Gasteiger partial charge on any atom is 0.417 e. The predicted molar refractivity (Wildman–Crippen MR) is 241 cm³/mol. The van der Waals surface area contributed by atoms with Gasteiger partial charge in [-0.05, 0) is 187 Å².